The van der Waals surface area contributed by atoms with E-state index in [0.29, 0.717) is 13.1 Å². The van der Waals surface area contributed by atoms with Gasteiger partial charge in [0.05, 0.1) is 13.1 Å². The SMILES string of the molecule is NC(N)=NCCSSCCN=C(N)N.O=S(=O)(O)O. The maximum absolute atomic E-state index is 8.74. The number of guanidine groups is 2. The van der Waals surface area contributed by atoms with Crippen molar-refractivity contribution in [3.8, 4) is 0 Å². The minimum Gasteiger partial charge on any atom is -0.370 e. The number of rotatable bonds is 7. The van der Waals surface area contributed by atoms with Crippen molar-refractivity contribution in [3.63, 3.8) is 0 Å². The van der Waals surface area contributed by atoms with Gasteiger partial charge in [0, 0.05) is 11.5 Å². The van der Waals surface area contributed by atoms with Crippen molar-refractivity contribution in [1.29, 1.82) is 0 Å². The van der Waals surface area contributed by atoms with Crippen molar-refractivity contribution in [2.45, 2.75) is 0 Å². The molecule has 19 heavy (non-hydrogen) atoms. The lowest BCUT2D eigenvalue weighted by Crippen LogP contribution is -2.23. The van der Waals surface area contributed by atoms with Crippen LogP contribution in [0.2, 0.25) is 0 Å². The zero-order valence-corrected chi connectivity index (χ0v) is 12.4. The van der Waals surface area contributed by atoms with Crippen molar-refractivity contribution < 1.29 is 17.5 Å². The van der Waals surface area contributed by atoms with E-state index in [1.54, 1.807) is 21.6 Å². The molecule has 114 valence electrons. The zero-order valence-electron chi connectivity index (χ0n) is 9.97. The first-order valence-electron chi connectivity index (χ1n) is 4.68. The van der Waals surface area contributed by atoms with Gasteiger partial charge < -0.3 is 22.9 Å². The van der Waals surface area contributed by atoms with Gasteiger partial charge in [0.1, 0.15) is 0 Å². The summed E-state index contributed by atoms with van der Waals surface area (Å²) in [5.74, 6) is 2.03. The molecule has 0 spiro atoms. The molecule has 0 saturated carbocycles. The lowest BCUT2D eigenvalue weighted by molar-refractivity contribution is 0.381. The molecule has 0 amide bonds. The van der Waals surface area contributed by atoms with Gasteiger partial charge >= 0.3 is 10.4 Å². The highest BCUT2D eigenvalue weighted by Gasteiger charge is 1.90. The fourth-order valence-corrected chi connectivity index (χ4v) is 2.26. The van der Waals surface area contributed by atoms with Crippen LogP contribution in [-0.4, -0.2) is 54.0 Å². The summed E-state index contributed by atoms with van der Waals surface area (Å²) in [7, 11) is -1.28. The van der Waals surface area contributed by atoms with Gasteiger partial charge in [-0.1, -0.05) is 21.6 Å². The van der Waals surface area contributed by atoms with Crippen LogP contribution in [0.3, 0.4) is 0 Å². The average molecular weight is 334 g/mol. The maximum Gasteiger partial charge on any atom is 0.394 e. The van der Waals surface area contributed by atoms with Crippen LogP contribution in [0, 0.1) is 0 Å². The Bertz CT molecular complexity index is 346. The average Bonchev–Trinajstić information content (AvgIpc) is 2.18. The van der Waals surface area contributed by atoms with Crippen LogP contribution in [-0.2, 0) is 10.4 Å². The predicted octanol–water partition coefficient (Wildman–Crippen LogP) is -1.74. The van der Waals surface area contributed by atoms with Crippen molar-refractivity contribution in [3.05, 3.63) is 0 Å². The van der Waals surface area contributed by atoms with E-state index in [4.69, 9.17) is 40.5 Å². The number of hydrogen-bond donors (Lipinski definition) is 6. The molecule has 10 nitrogen and oxygen atoms in total. The Balaban J connectivity index is 0. The van der Waals surface area contributed by atoms with E-state index in [-0.39, 0.29) is 11.9 Å². The lowest BCUT2D eigenvalue weighted by atomic mass is 10.8. The molecule has 0 rings (SSSR count). The summed E-state index contributed by atoms with van der Waals surface area (Å²) < 4.78 is 31.6. The molecule has 0 aromatic rings. The molecule has 0 aliphatic heterocycles. The van der Waals surface area contributed by atoms with Crippen LogP contribution >= 0.6 is 21.6 Å². The van der Waals surface area contributed by atoms with E-state index >= 15 is 0 Å². The lowest BCUT2D eigenvalue weighted by Gasteiger charge is -1.97. The van der Waals surface area contributed by atoms with Crippen molar-refractivity contribution in [2.24, 2.45) is 32.9 Å². The van der Waals surface area contributed by atoms with Crippen LogP contribution in [0.4, 0.5) is 0 Å². The van der Waals surface area contributed by atoms with E-state index < -0.39 is 10.4 Å². The van der Waals surface area contributed by atoms with Crippen LogP contribution < -0.4 is 22.9 Å². The highest BCUT2D eigenvalue weighted by atomic mass is 33.1. The molecule has 0 heterocycles. The van der Waals surface area contributed by atoms with E-state index in [9.17, 15) is 0 Å². The third-order valence-electron chi connectivity index (χ3n) is 1.02. The van der Waals surface area contributed by atoms with Gasteiger partial charge in [-0.25, -0.2) is 0 Å². The third-order valence-corrected chi connectivity index (χ3v) is 3.39. The van der Waals surface area contributed by atoms with Gasteiger partial charge in [-0.2, -0.15) is 8.42 Å². The second-order valence-electron chi connectivity index (χ2n) is 2.70. The second-order valence-corrected chi connectivity index (χ2v) is 6.30. The number of nitrogens with two attached hydrogens (primary N) is 4. The number of aliphatic imine (C=N–C) groups is 2. The molecule has 0 aliphatic rings. The monoisotopic (exact) mass is 334 g/mol. The molecular formula is C6H18N6O4S3. The first-order valence-corrected chi connectivity index (χ1v) is 8.56. The molecule has 13 heteroatoms. The van der Waals surface area contributed by atoms with Gasteiger partial charge in [-0.15, -0.1) is 0 Å². The zero-order chi connectivity index (χ0) is 15.3. The quantitative estimate of drug-likeness (QED) is 0.102. The van der Waals surface area contributed by atoms with Crippen LogP contribution in [0.5, 0.6) is 0 Å². The predicted molar refractivity (Wildman–Crippen MR) is 80.4 cm³/mol. The summed E-state index contributed by atoms with van der Waals surface area (Å²) in [6, 6.07) is 0. The number of nitrogens with zero attached hydrogens (tertiary/aromatic N) is 2. The molecule has 0 aromatic carbocycles. The minimum atomic E-state index is -4.67. The Kier molecular flexibility index (Phi) is 13.1. The van der Waals surface area contributed by atoms with Gasteiger partial charge in [0.25, 0.3) is 0 Å². The third kappa shape index (κ3) is 38.2. The molecule has 0 atom stereocenters. The Morgan fingerprint density at radius 3 is 1.37 bits per heavy atom. The molecule has 0 fully saturated rings. The Morgan fingerprint density at radius 2 is 1.16 bits per heavy atom. The fourth-order valence-electron chi connectivity index (χ4n) is 0.542. The van der Waals surface area contributed by atoms with Gasteiger partial charge in [0.2, 0.25) is 0 Å². The molecule has 0 saturated heterocycles. The van der Waals surface area contributed by atoms with Gasteiger partial charge in [0.15, 0.2) is 11.9 Å². The summed E-state index contributed by atoms with van der Waals surface area (Å²) in [6.07, 6.45) is 0. The van der Waals surface area contributed by atoms with Gasteiger partial charge in [-0.3, -0.25) is 19.1 Å². The Labute approximate surface area is 119 Å². The molecule has 0 aromatic heterocycles. The molecule has 0 aliphatic carbocycles. The topological polar surface area (TPSA) is 203 Å². The summed E-state index contributed by atoms with van der Waals surface area (Å²) in [5, 5.41) is 0. The first-order chi connectivity index (χ1) is 8.63. The largest absolute Gasteiger partial charge is 0.394 e. The highest BCUT2D eigenvalue weighted by Crippen LogP contribution is 2.19. The number of hydrogen-bond acceptors (Lipinski definition) is 6. The standard InChI is InChI=1S/C6H16N6S2.H2O4S/c7-5(8)11-1-3-13-14-4-2-12-6(9)10;1-5(2,3)4/h1-4H2,(H4,7,8,11)(H4,9,10,12);(H2,1,2,3,4). The van der Waals surface area contributed by atoms with Crippen molar-refractivity contribution in [2.75, 3.05) is 24.6 Å². The van der Waals surface area contributed by atoms with E-state index in [1.807, 2.05) is 0 Å². The normalized spacial score (nSPS) is 10.0. The van der Waals surface area contributed by atoms with E-state index in [0.717, 1.165) is 11.5 Å². The maximum atomic E-state index is 8.74. The van der Waals surface area contributed by atoms with E-state index in [1.165, 1.54) is 0 Å². The van der Waals surface area contributed by atoms with E-state index in [2.05, 4.69) is 9.98 Å². The second kappa shape index (κ2) is 12.2. The van der Waals surface area contributed by atoms with Crippen molar-refractivity contribution >= 4 is 43.9 Å². The molecule has 10 N–H and O–H groups in total. The summed E-state index contributed by atoms with van der Waals surface area (Å²) in [4.78, 5) is 7.68. The molecule has 0 bridgehead atoms. The fraction of sp³-hybridized carbons (Fsp3) is 0.667. The molecule has 0 unspecified atom stereocenters. The smallest absolute Gasteiger partial charge is 0.370 e. The summed E-state index contributed by atoms with van der Waals surface area (Å²) >= 11 is 0. The van der Waals surface area contributed by atoms with Gasteiger partial charge in [-0.05, 0) is 0 Å². The highest BCUT2D eigenvalue weighted by molar-refractivity contribution is 8.76. The van der Waals surface area contributed by atoms with Crippen molar-refractivity contribution in [1.82, 2.24) is 0 Å². The Hall–Kier alpha value is -0.890. The Morgan fingerprint density at radius 1 is 0.895 bits per heavy atom. The summed E-state index contributed by atoms with van der Waals surface area (Å²) in [6.45, 7) is 1.28. The van der Waals surface area contributed by atoms with Crippen LogP contribution in [0.25, 0.3) is 0 Å². The van der Waals surface area contributed by atoms with Crippen LogP contribution in [0.1, 0.15) is 0 Å². The summed E-state index contributed by atoms with van der Waals surface area (Å²) in [5.41, 5.74) is 20.6. The van der Waals surface area contributed by atoms with Crippen LogP contribution in [0.15, 0.2) is 9.98 Å². The first kappa shape index (κ1) is 20.4. The minimum absolute atomic E-state index is 0.135. The molecule has 0 radical (unpaired) electrons. The molecular weight excluding hydrogens is 316 g/mol.